The van der Waals surface area contributed by atoms with Crippen molar-refractivity contribution < 1.29 is 14.2 Å². The van der Waals surface area contributed by atoms with Gasteiger partial charge in [0.1, 0.15) is 11.6 Å². The Bertz CT molecular complexity index is 600. The van der Waals surface area contributed by atoms with Crippen molar-refractivity contribution in [3.05, 3.63) is 52.0 Å². The minimum absolute atomic E-state index is 0.00714. The minimum atomic E-state index is -0.248. The minimum Gasteiger partial charge on any atom is -0.494 e. The second-order valence-electron chi connectivity index (χ2n) is 6.19. The van der Waals surface area contributed by atoms with Gasteiger partial charge in [0.05, 0.1) is 6.61 Å². The molecule has 1 aromatic carbocycles. The maximum atomic E-state index is 12.8. The lowest BCUT2D eigenvalue weighted by atomic mass is 10.0. The smallest absolute Gasteiger partial charge is 0.123 e. The van der Waals surface area contributed by atoms with Crippen LogP contribution < -0.4 is 10.5 Å². The Morgan fingerprint density at radius 1 is 1.17 bits per heavy atom. The predicted octanol–water partition coefficient (Wildman–Crippen LogP) is 4.31. The van der Waals surface area contributed by atoms with Gasteiger partial charge in [-0.15, -0.1) is 11.3 Å². The Labute approximate surface area is 147 Å². The van der Waals surface area contributed by atoms with Crippen molar-refractivity contribution in [1.82, 2.24) is 0 Å². The van der Waals surface area contributed by atoms with Crippen molar-refractivity contribution in [2.45, 2.75) is 38.6 Å². The second kappa shape index (κ2) is 9.77. The normalized spacial score (nSPS) is 13.7. The molecule has 0 saturated heterocycles. The largest absolute Gasteiger partial charge is 0.494 e. The molecular formula is C19H26FNO2S. The van der Waals surface area contributed by atoms with Crippen LogP contribution in [0.2, 0.25) is 0 Å². The number of halogens is 1. The van der Waals surface area contributed by atoms with Gasteiger partial charge in [-0.05, 0) is 68.0 Å². The molecule has 3 N–H and O–H groups in total. The van der Waals surface area contributed by atoms with E-state index in [9.17, 15) is 4.39 Å². The predicted molar refractivity (Wildman–Crippen MR) is 96.9 cm³/mol. The van der Waals surface area contributed by atoms with Crippen LogP contribution >= 0.6 is 11.3 Å². The summed E-state index contributed by atoms with van der Waals surface area (Å²) in [6, 6.07) is 10.4. The van der Waals surface area contributed by atoms with Crippen LogP contribution in [-0.2, 0) is 6.42 Å². The molecule has 132 valence electrons. The van der Waals surface area contributed by atoms with Gasteiger partial charge in [0.25, 0.3) is 0 Å². The highest BCUT2D eigenvalue weighted by Gasteiger charge is 2.12. The standard InChI is InChI=1S/C19H26FNO2S/c1-14(13-22)12-18(21)19-10-9-17(24-19)4-2-3-11-23-16-7-5-15(20)6-8-16/h5-10,14,18,22H,2-4,11-13,21H2,1H3/t14-,18?/m1/s1. The number of aliphatic hydroxyl groups is 1. The van der Waals surface area contributed by atoms with Crippen LogP contribution in [0.3, 0.4) is 0 Å². The molecule has 24 heavy (non-hydrogen) atoms. The van der Waals surface area contributed by atoms with E-state index in [0.29, 0.717) is 12.4 Å². The van der Waals surface area contributed by atoms with Gasteiger partial charge in [0.15, 0.2) is 0 Å². The lowest BCUT2D eigenvalue weighted by Crippen LogP contribution is -2.14. The molecule has 2 atom stereocenters. The number of hydrogen-bond acceptors (Lipinski definition) is 4. The van der Waals surface area contributed by atoms with Crippen LogP contribution in [0.4, 0.5) is 4.39 Å². The van der Waals surface area contributed by atoms with E-state index in [4.69, 9.17) is 15.6 Å². The van der Waals surface area contributed by atoms with Gasteiger partial charge in [-0.2, -0.15) is 0 Å². The van der Waals surface area contributed by atoms with Gasteiger partial charge in [0, 0.05) is 22.4 Å². The molecule has 0 fully saturated rings. The van der Waals surface area contributed by atoms with E-state index < -0.39 is 0 Å². The Morgan fingerprint density at radius 2 is 1.92 bits per heavy atom. The molecular weight excluding hydrogens is 325 g/mol. The third-order valence-corrected chi connectivity index (χ3v) is 5.19. The fourth-order valence-electron chi connectivity index (χ4n) is 2.47. The molecule has 5 heteroatoms. The van der Waals surface area contributed by atoms with Crippen LogP contribution in [0.25, 0.3) is 0 Å². The van der Waals surface area contributed by atoms with Crippen molar-refractivity contribution in [1.29, 1.82) is 0 Å². The van der Waals surface area contributed by atoms with Crippen LogP contribution in [0, 0.1) is 11.7 Å². The third-order valence-electron chi connectivity index (χ3n) is 3.92. The van der Waals surface area contributed by atoms with E-state index in [-0.39, 0.29) is 24.4 Å². The molecule has 0 saturated carbocycles. The molecule has 3 nitrogen and oxygen atoms in total. The van der Waals surface area contributed by atoms with Gasteiger partial charge in [-0.1, -0.05) is 6.92 Å². The maximum Gasteiger partial charge on any atom is 0.123 e. The van der Waals surface area contributed by atoms with Crippen LogP contribution in [-0.4, -0.2) is 18.3 Å². The Kier molecular flexibility index (Phi) is 7.69. The van der Waals surface area contributed by atoms with E-state index in [1.807, 2.05) is 6.92 Å². The number of ether oxygens (including phenoxy) is 1. The van der Waals surface area contributed by atoms with E-state index in [1.165, 1.54) is 21.9 Å². The van der Waals surface area contributed by atoms with E-state index >= 15 is 0 Å². The SMILES string of the molecule is C[C@@H](CO)CC(N)c1ccc(CCCCOc2ccc(F)cc2)s1. The number of aryl methyl sites for hydroxylation is 1. The highest BCUT2D eigenvalue weighted by Crippen LogP contribution is 2.27. The zero-order valence-electron chi connectivity index (χ0n) is 14.1. The lowest BCUT2D eigenvalue weighted by Gasteiger charge is -2.13. The summed E-state index contributed by atoms with van der Waals surface area (Å²) in [5, 5.41) is 9.12. The first-order valence-corrected chi connectivity index (χ1v) is 9.23. The zero-order chi connectivity index (χ0) is 17.4. The van der Waals surface area contributed by atoms with Crippen LogP contribution in [0.5, 0.6) is 5.75 Å². The topological polar surface area (TPSA) is 55.5 Å². The molecule has 1 heterocycles. The zero-order valence-corrected chi connectivity index (χ0v) is 14.9. The summed E-state index contributed by atoms with van der Waals surface area (Å²) in [6.07, 6.45) is 3.82. The van der Waals surface area contributed by atoms with Crippen LogP contribution in [0.1, 0.15) is 42.0 Å². The van der Waals surface area contributed by atoms with Gasteiger partial charge >= 0.3 is 0 Å². The highest BCUT2D eigenvalue weighted by atomic mass is 32.1. The number of aliphatic hydroxyl groups excluding tert-OH is 1. The van der Waals surface area contributed by atoms with Crippen molar-refractivity contribution in [2.24, 2.45) is 11.7 Å². The summed E-state index contributed by atoms with van der Waals surface area (Å²) in [5.74, 6) is 0.690. The van der Waals surface area contributed by atoms with Crippen LogP contribution in [0.15, 0.2) is 36.4 Å². The summed E-state index contributed by atoms with van der Waals surface area (Å²) >= 11 is 1.76. The van der Waals surface area contributed by atoms with Gasteiger partial charge < -0.3 is 15.6 Å². The first-order chi connectivity index (χ1) is 11.6. The average Bonchev–Trinajstić information content (AvgIpc) is 3.05. The summed E-state index contributed by atoms with van der Waals surface area (Å²) in [4.78, 5) is 2.52. The maximum absolute atomic E-state index is 12.8. The molecule has 2 rings (SSSR count). The first-order valence-electron chi connectivity index (χ1n) is 8.42. The molecule has 1 unspecified atom stereocenters. The molecule has 0 aliphatic rings. The third kappa shape index (κ3) is 6.23. The number of hydrogen-bond donors (Lipinski definition) is 2. The Hall–Kier alpha value is -1.43. The van der Waals surface area contributed by atoms with Gasteiger partial charge in [-0.3, -0.25) is 0 Å². The Balaban J connectivity index is 1.66. The molecule has 0 spiro atoms. The average molecular weight is 351 g/mol. The number of unbranched alkanes of at least 4 members (excludes halogenated alkanes) is 1. The molecule has 0 aliphatic carbocycles. The van der Waals surface area contributed by atoms with E-state index in [2.05, 4.69) is 12.1 Å². The van der Waals surface area contributed by atoms with Gasteiger partial charge in [-0.25, -0.2) is 4.39 Å². The van der Waals surface area contributed by atoms with Crippen molar-refractivity contribution in [2.75, 3.05) is 13.2 Å². The van der Waals surface area contributed by atoms with Crippen molar-refractivity contribution in [3.8, 4) is 5.75 Å². The summed E-state index contributed by atoms with van der Waals surface area (Å²) in [5.41, 5.74) is 6.19. The second-order valence-corrected chi connectivity index (χ2v) is 7.39. The Morgan fingerprint density at radius 3 is 2.62 bits per heavy atom. The van der Waals surface area contributed by atoms with E-state index in [1.54, 1.807) is 23.5 Å². The molecule has 0 bridgehead atoms. The molecule has 0 aliphatic heterocycles. The first kappa shape index (κ1) is 18.9. The summed E-state index contributed by atoms with van der Waals surface area (Å²) < 4.78 is 18.4. The number of nitrogens with two attached hydrogens (primary N) is 1. The van der Waals surface area contributed by atoms with Gasteiger partial charge in [0.2, 0.25) is 0 Å². The monoisotopic (exact) mass is 351 g/mol. The number of thiophene rings is 1. The number of rotatable bonds is 10. The number of benzene rings is 1. The van der Waals surface area contributed by atoms with Crippen molar-refractivity contribution in [3.63, 3.8) is 0 Å². The fraction of sp³-hybridized carbons (Fsp3) is 0.474. The molecule has 0 amide bonds. The summed E-state index contributed by atoms with van der Waals surface area (Å²) in [6.45, 7) is 2.83. The highest BCUT2D eigenvalue weighted by molar-refractivity contribution is 7.12. The van der Waals surface area contributed by atoms with E-state index in [0.717, 1.165) is 25.7 Å². The molecule has 2 aromatic rings. The van der Waals surface area contributed by atoms with Crippen molar-refractivity contribution >= 4 is 11.3 Å². The quantitative estimate of drug-likeness (QED) is 0.627. The summed E-state index contributed by atoms with van der Waals surface area (Å²) in [7, 11) is 0. The molecule has 1 aromatic heterocycles. The lowest BCUT2D eigenvalue weighted by molar-refractivity contribution is 0.224. The molecule has 0 radical (unpaired) electrons. The fourth-order valence-corrected chi connectivity index (χ4v) is 3.54.